The fourth-order valence-corrected chi connectivity index (χ4v) is 6.60. The topological polar surface area (TPSA) is 130 Å². The van der Waals surface area contributed by atoms with Crippen LogP contribution in [0.15, 0.2) is 0 Å². The van der Waals surface area contributed by atoms with Crippen LogP contribution in [-0.4, -0.2) is 134 Å². The summed E-state index contributed by atoms with van der Waals surface area (Å²) in [5.41, 5.74) is 0. The maximum absolute atomic E-state index is 13.8. The van der Waals surface area contributed by atoms with Gasteiger partial charge < -0.3 is 0 Å². The maximum atomic E-state index is 13.8. The molecule has 0 heterocycles. The van der Waals surface area contributed by atoms with E-state index in [1.807, 2.05) is 0 Å². The molecule has 61 heavy (non-hydrogen) atoms. The second-order valence-electron chi connectivity index (χ2n) is 11.7. The average Bonchev–Trinajstić information content (AvgIpc) is 3.02. The van der Waals surface area contributed by atoms with E-state index >= 15 is 0 Å². The summed E-state index contributed by atoms with van der Waals surface area (Å²) in [7, 11) is -18.5. The van der Waals surface area contributed by atoms with Crippen molar-refractivity contribution < 1.29 is 156 Å². The fraction of sp³-hybridized carbons (Fsp3) is 1.00. The minimum Gasteiger partial charge on any atom is -0.270 e. The lowest BCUT2D eigenvalue weighted by Crippen LogP contribution is -2.61. The number of rotatable bonds is 24. The molecule has 0 bridgehead atoms. The molecule has 0 N–H and O–H groups in total. The van der Waals surface area contributed by atoms with Crippen molar-refractivity contribution in [2.24, 2.45) is 0 Å². The molecule has 1 atom stereocenters. The van der Waals surface area contributed by atoms with Gasteiger partial charge >= 0.3 is 71.8 Å². The predicted octanol–water partition coefficient (Wildman–Crippen LogP) is 8.36. The molecule has 0 radical (unpaired) electrons. The summed E-state index contributed by atoms with van der Waals surface area (Å²) in [6.45, 7) is -4.43. The van der Waals surface area contributed by atoms with Crippen LogP contribution in [0.5, 0.6) is 0 Å². The Morgan fingerprint density at radius 3 is 0.852 bits per heavy atom. The molecule has 1 unspecified atom stereocenters. The molecule has 0 aliphatic carbocycles. The Kier molecular flexibility index (Phi) is 17.0. The molecule has 368 valence electrons. The maximum Gasteiger partial charge on any atom is 0.460 e. The smallest absolute Gasteiger partial charge is 0.270 e. The van der Waals surface area contributed by atoms with E-state index in [-0.39, 0.29) is 0 Å². The molecule has 0 fully saturated rings. The van der Waals surface area contributed by atoms with Gasteiger partial charge in [0.25, 0.3) is 30.4 Å². The summed E-state index contributed by atoms with van der Waals surface area (Å²) in [5, 5.41) is 0. The zero-order valence-corrected chi connectivity index (χ0v) is 30.5. The van der Waals surface area contributed by atoms with Gasteiger partial charge in [0, 0.05) is 25.7 Å². The molecule has 0 aromatic heterocycles. The van der Waals surface area contributed by atoms with Gasteiger partial charge in [-0.1, -0.05) is 0 Å². The van der Waals surface area contributed by atoms with Crippen molar-refractivity contribution in [3.05, 3.63) is 0 Å². The molecular formula is C22H19F27O9S3. The predicted molar refractivity (Wildman–Crippen MR) is 139 cm³/mol. The lowest BCUT2D eigenvalue weighted by molar-refractivity contribution is -0.396. The number of halogens is 27. The van der Waals surface area contributed by atoms with Gasteiger partial charge in [0.05, 0.1) is 30.5 Å². The molecular weight excluding hydrogens is 1020 g/mol. The van der Waals surface area contributed by atoms with Crippen LogP contribution in [0.1, 0.15) is 25.7 Å². The molecule has 0 aliphatic heterocycles. The second kappa shape index (κ2) is 17.7. The molecule has 39 heteroatoms. The van der Waals surface area contributed by atoms with E-state index in [1.54, 1.807) is 0 Å². The molecule has 0 saturated heterocycles. The third kappa shape index (κ3) is 13.0. The van der Waals surface area contributed by atoms with Crippen LogP contribution in [-0.2, 0) is 42.9 Å². The molecule has 0 aromatic rings. The SMILES string of the molecule is O=S(=O)(CCC(F)(F)C(F)(F)C(F)(F)C(F)(F)F)OCCC(COS(=O)(=O)CCC(F)(F)C(F)(F)C(F)(F)C(F)(F)F)OS(=O)(=O)CCC(F)(F)C(F)(F)C(F)(F)C(F)(F)F. The Balaban J connectivity index is 6.43. The van der Waals surface area contributed by atoms with Gasteiger partial charge in [-0.2, -0.15) is 144 Å². The van der Waals surface area contributed by atoms with Crippen LogP contribution < -0.4 is 0 Å². The largest absolute Gasteiger partial charge is 0.460 e. The monoisotopic (exact) mass is 1040 g/mol. The van der Waals surface area contributed by atoms with Crippen molar-refractivity contribution in [3.8, 4) is 0 Å². The highest BCUT2D eigenvalue weighted by molar-refractivity contribution is 7.87. The minimum atomic E-state index is -7.63. The lowest BCUT2D eigenvalue weighted by Gasteiger charge is -2.33. The van der Waals surface area contributed by atoms with E-state index in [1.165, 1.54) is 0 Å². The standard InChI is InChI=1S/C22H19F27O9S3/c23-11(24,14(29,30)17(35,36)20(41,42)43)2-6-59(50,51)56-5-1-10(58-61(54,55)8-4-13(27,28)16(33,34)19(39,40)22(47,48)49)9-57-60(52,53)7-3-12(25,26)15(31,32)18(37,38)21(44,45)46/h10H,1-9H2. The summed E-state index contributed by atoms with van der Waals surface area (Å²) in [6.07, 6.45) is -37.2. The molecule has 0 rings (SSSR count). The third-order valence-corrected chi connectivity index (χ3v) is 10.7. The first kappa shape index (κ1) is 58.8. The van der Waals surface area contributed by atoms with Gasteiger partial charge in [0.1, 0.15) is 6.10 Å². The summed E-state index contributed by atoms with van der Waals surface area (Å²) >= 11 is 0. The van der Waals surface area contributed by atoms with Gasteiger partial charge in [-0.05, 0) is 0 Å². The van der Waals surface area contributed by atoms with Crippen LogP contribution in [0.3, 0.4) is 0 Å². The van der Waals surface area contributed by atoms with Gasteiger partial charge in [-0.25, -0.2) is 0 Å². The summed E-state index contributed by atoms with van der Waals surface area (Å²) in [5.74, 6) is -73.6. The van der Waals surface area contributed by atoms with Crippen LogP contribution >= 0.6 is 0 Å². The van der Waals surface area contributed by atoms with Crippen LogP contribution in [0, 0.1) is 0 Å². The summed E-state index contributed by atoms with van der Waals surface area (Å²) in [6, 6.07) is 0. The van der Waals surface area contributed by atoms with Crippen LogP contribution in [0.25, 0.3) is 0 Å². The van der Waals surface area contributed by atoms with Gasteiger partial charge in [0.2, 0.25) is 0 Å². The van der Waals surface area contributed by atoms with Gasteiger partial charge in [-0.3, -0.25) is 12.5 Å². The first-order valence-electron chi connectivity index (χ1n) is 14.4. The van der Waals surface area contributed by atoms with Crippen LogP contribution in [0.2, 0.25) is 0 Å². The Morgan fingerprint density at radius 2 is 0.590 bits per heavy atom. The second-order valence-corrected chi connectivity index (χ2v) is 16.9. The molecule has 9 nitrogen and oxygen atoms in total. The Bertz CT molecular complexity index is 1820. The Labute approximate surface area is 321 Å². The van der Waals surface area contributed by atoms with E-state index in [0.29, 0.717) is 0 Å². The van der Waals surface area contributed by atoms with E-state index in [9.17, 15) is 144 Å². The van der Waals surface area contributed by atoms with E-state index in [2.05, 4.69) is 12.5 Å². The van der Waals surface area contributed by atoms with Crippen molar-refractivity contribution in [2.75, 3.05) is 30.5 Å². The Hall–Kier alpha value is -2.16. The molecule has 0 amide bonds. The van der Waals surface area contributed by atoms with Crippen molar-refractivity contribution in [2.45, 2.75) is 104 Å². The quantitative estimate of drug-likeness (QED) is 0.0692. The third-order valence-electron chi connectivity index (χ3n) is 7.05. The summed E-state index contributed by atoms with van der Waals surface area (Å²) < 4.78 is 435. The minimum absolute atomic E-state index is 1.92. The van der Waals surface area contributed by atoms with E-state index in [0.717, 1.165) is 0 Å². The number of alkyl halides is 27. The molecule has 0 spiro atoms. The molecule has 0 aliphatic rings. The number of hydrogen-bond acceptors (Lipinski definition) is 9. The average molecular weight is 1040 g/mol. The zero-order valence-electron chi connectivity index (χ0n) is 28.0. The lowest BCUT2D eigenvalue weighted by atomic mass is 10.0. The van der Waals surface area contributed by atoms with Crippen molar-refractivity contribution in [3.63, 3.8) is 0 Å². The first-order chi connectivity index (χ1) is 26.2. The van der Waals surface area contributed by atoms with E-state index < -0.39 is 164 Å². The van der Waals surface area contributed by atoms with Crippen molar-refractivity contribution in [1.29, 1.82) is 0 Å². The van der Waals surface area contributed by atoms with Crippen LogP contribution in [0.4, 0.5) is 119 Å². The highest BCUT2D eigenvalue weighted by Crippen LogP contribution is 2.56. The van der Waals surface area contributed by atoms with Crippen molar-refractivity contribution >= 4 is 30.4 Å². The van der Waals surface area contributed by atoms with E-state index in [4.69, 9.17) is 0 Å². The summed E-state index contributed by atoms with van der Waals surface area (Å²) in [4.78, 5) is 0. The molecule has 0 aromatic carbocycles. The zero-order chi connectivity index (χ0) is 49.6. The number of hydrogen-bond donors (Lipinski definition) is 0. The normalized spacial score (nSPS) is 16.6. The fourth-order valence-electron chi connectivity index (χ4n) is 3.47. The van der Waals surface area contributed by atoms with Crippen molar-refractivity contribution in [1.82, 2.24) is 0 Å². The highest BCUT2D eigenvalue weighted by atomic mass is 32.2. The first-order valence-corrected chi connectivity index (χ1v) is 19.1. The molecule has 0 saturated carbocycles. The Morgan fingerprint density at radius 1 is 0.344 bits per heavy atom. The highest BCUT2D eigenvalue weighted by Gasteiger charge is 2.83. The van der Waals surface area contributed by atoms with Gasteiger partial charge in [-0.15, -0.1) is 0 Å². The van der Waals surface area contributed by atoms with Gasteiger partial charge in [0.15, 0.2) is 0 Å².